The zero-order valence-electron chi connectivity index (χ0n) is 9.77. The number of ether oxygens (including phenoxy) is 1. The van der Waals surface area contributed by atoms with E-state index in [1.807, 2.05) is 6.92 Å². The van der Waals surface area contributed by atoms with Crippen LogP contribution in [0.3, 0.4) is 0 Å². The maximum Gasteiger partial charge on any atom is 0.307 e. The van der Waals surface area contributed by atoms with Crippen LogP contribution in [0.4, 0.5) is 0 Å². The van der Waals surface area contributed by atoms with Gasteiger partial charge in [-0.05, 0) is 13.3 Å². The third kappa shape index (κ3) is 3.18. The fraction of sp³-hybridized carbons (Fsp3) is 0.909. The van der Waals surface area contributed by atoms with Crippen molar-refractivity contribution in [2.75, 3.05) is 19.7 Å². The Morgan fingerprint density at radius 1 is 1.60 bits per heavy atom. The Balaban J connectivity index is 2.51. The molecule has 0 spiro atoms. The lowest BCUT2D eigenvalue weighted by atomic mass is 10.0. The Bertz CT molecular complexity index is 220. The van der Waals surface area contributed by atoms with Gasteiger partial charge < -0.3 is 9.84 Å². The average Bonchev–Trinajstić information content (AvgIpc) is 2.27. The van der Waals surface area contributed by atoms with Gasteiger partial charge in [0.2, 0.25) is 0 Å². The molecule has 3 atom stereocenters. The highest BCUT2D eigenvalue weighted by Gasteiger charge is 2.29. The molecule has 1 rings (SSSR count). The quantitative estimate of drug-likeness (QED) is 0.765. The van der Waals surface area contributed by atoms with Gasteiger partial charge in [-0.3, -0.25) is 9.69 Å². The number of hydrogen-bond donors (Lipinski definition) is 1. The lowest BCUT2D eigenvalue weighted by molar-refractivity contribution is -0.144. The summed E-state index contributed by atoms with van der Waals surface area (Å²) in [6.07, 6.45) is 1.26. The van der Waals surface area contributed by atoms with Crippen molar-refractivity contribution in [2.45, 2.75) is 39.3 Å². The van der Waals surface area contributed by atoms with E-state index in [4.69, 9.17) is 9.84 Å². The minimum atomic E-state index is -0.720. The lowest BCUT2D eigenvalue weighted by Crippen LogP contribution is -2.49. The second-order valence-corrected chi connectivity index (χ2v) is 4.26. The van der Waals surface area contributed by atoms with E-state index in [9.17, 15) is 4.79 Å². The van der Waals surface area contributed by atoms with Gasteiger partial charge in [-0.15, -0.1) is 0 Å². The monoisotopic (exact) mass is 215 g/mol. The molecule has 0 aliphatic carbocycles. The molecule has 4 heteroatoms. The van der Waals surface area contributed by atoms with Crippen molar-refractivity contribution in [2.24, 2.45) is 5.92 Å². The molecule has 0 bridgehead atoms. The molecular formula is C11H21NO3. The normalized spacial score (nSPS) is 27.3. The molecule has 0 saturated carbocycles. The van der Waals surface area contributed by atoms with E-state index in [2.05, 4.69) is 11.8 Å². The van der Waals surface area contributed by atoms with E-state index >= 15 is 0 Å². The van der Waals surface area contributed by atoms with Crippen molar-refractivity contribution in [1.29, 1.82) is 0 Å². The molecule has 3 unspecified atom stereocenters. The number of carboxylic acids is 1. The molecule has 1 aliphatic heterocycles. The van der Waals surface area contributed by atoms with Crippen LogP contribution in [0, 0.1) is 5.92 Å². The lowest BCUT2D eigenvalue weighted by Gasteiger charge is -2.38. The summed E-state index contributed by atoms with van der Waals surface area (Å²) >= 11 is 0. The molecule has 88 valence electrons. The molecular weight excluding hydrogens is 194 g/mol. The summed E-state index contributed by atoms with van der Waals surface area (Å²) in [5.74, 6) is -1.04. The molecule has 0 radical (unpaired) electrons. The maximum atomic E-state index is 10.9. The largest absolute Gasteiger partial charge is 0.481 e. The smallest absolute Gasteiger partial charge is 0.307 e. The summed E-state index contributed by atoms with van der Waals surface area (Å²) < 4.78 is 5.56. The van der Waals surface area contributed by atoms with Gasteiger partial charge in [0.15, 0.2) is 0 Å². The van der Waals surface area contributed by atoms with Crippen LogP contribution in [0.2, 0.25) is 0 Å². The molecule has 0 amide bonds. The topological polar surface area (TPSA) is 49.8 Å². The molecule has 0 aromatic heterocycles. The van der Waals surface area contributed by atoms with Gasteiger partial charge in [-0.1, -0.05) is 13.8 Å². The van der Waals surface area contributed by atoms with E-state index in [1.165, 1.54) is 0 Å². The summed E-state index contributed by atoms with van der Waals surface area (Å²) in [7, 11) is 0. The molecule has 1 aliphatic rings. The van der Waals surface area contributed by atoms with E-state index < -0.39 is 5.97 Å². The number of carboxylic acid groups (broad SMARTS) is 1. The van der Waals surface area contributed by atoms with Gasteiger partial charge in [-0.2, -0.15) is 0 Å². The first-order valence-corrected chi connectivity index (χ1v) is 5.64. The molecule has 0 aromatic rings. The van der Waals surface area contributed by atoms with Crippen LogP contribution < -0.4 is 0 Å². The van der Waals surface area contributed by atoms with Crippen LogP contribution in [-0.2, 0) is 9.53 Å². The second-order valence-electron chi connectivity index (χ2n) is 4.26. The fourth-order valence-electron chi connectivity index (χ4n) is 1.88. The molecule has 1 fully saturated rings. The first-order valence-electron chi connectivity index (χ1n) is 5.64. The molecule has 1 heterocycles. The third-order valence-electron chi connectivity index (χ3n) is 3.31. The highest BCUT2D eigenvalue weighted by atomic mass is 16.5. The first-order chi connectivity index (χ1) is 7.06. The van der Waals surface area contributed by atoms with E-state index in [0.29, 0.717) is 0 Å². The summed E-state index contributed by atoms with van der Waals surface area (Å²) in [6.45, 7) is 8.26. The Kier molecular flexibility index (Phi) is 4.54. The number of hydrogen-bond acceptors (Lipinski definition) is 3. The summed E-state index contributed by atoms with van der Waals surface area (Å²) in [5, 5.41) is 8.95. The van der Waals surface area contributed by atoms with Crippen LogP contribution in [0.1, 0.15) is 27.2 Å². The Morgan fingerprint density at radius 2 is 2.27 bits per heavy atom. The Morgan fingerprint density at radius 3 is 2.80 bits per heavy atom. The predicted octanol–water partition coefficient (Wildman–Crippen LogP) is 1.21. The molecule has 0 aromatic carbocycles. The van der Waals surface area contributed by atoms with Gasteiger partial charge in [0.25, 0.3) is 0 Å². The summed E-state index contributed by atoms with van der Waals surface area (Å²) in [6, 6.07) is 0.0837. The number of morpholine rings is 1. The molecule has 1 saturated heterocycles. The summed E-state index contributed by atoms with van der Waals surface area (Å²) in [4.78, 5) is 13.1. The van der Waals surface area contributed by atoms with Crippen molar-refractivity contribution in [3.63, 3.8) is 0 Å². The van der Waals surface area contributed by atoms with Gasteiger partial charge in [0, 0.05) is 19.1 Å². The minimum Gasteiger partial charge on any atom is -0.481 e. The summed E-state index contributed by atoms with van der Waals surface area (Å²) in [5.41, 5.74) is 0. The number of carbonyl (C=O) groups is 1. The highest BCUT2D eigenvalue weighted by molar-refractivity contribution is 5.70. The third-order valence-corrected chi connectivity index (χ3v) is 3.31. The molecule has 4 nitrogen and oxygen atoms in total. The number of aliphatic carboxylic acids is 1. The zero-order chi connectivity index (χ0) is 11.4. The molecule has 1 N–H and O–H groups in total. The molecule has 15 heavy (non-hydrogen) atoms. The highest BCUT2D eigenvalue weighted by Crippen LogP contribution is 2.16. The average molecular weight is 215 g/mol. The van der Waals surface area contributed by atoms with Crippen LogP contribution in [-0.4, -0.2) is 47.8 Å². The van der Waals surface area contributed by atoms with Crippen LogP contribution in [0.15, 0.2) is 0 Å². The van der Waals surface area contributed by atoms with Gasteiger partial charge >= 0.3 is 5.97 Å². The van der Waals surface area contributed by atoms with Crippen molar-refractivity contribution < 1.29 is 14.6 Å². The van der Waals surface area contributed by atoms with Crippen LogP contribution in [0.25, 0.3) is 0 Å². The Hall–Kier alpha value is -0.610. The standard InChI is InChI=1S/C11H21NO3/c1-4-10-7-12(5-6-15-10)9(3)8(2)11(13)14/h8-10H,4-7H2,1-3H3,(H,13,14). The van der Waals surface area contributed by atoms with E-state index in [-0.39, 0.29) is 18.1 Å². The van der Waals surface area contributed by atoms with Crippen molar-refractivity contribution in [3.05, 3.63) is 0 Å². The minimum absolute atomic E-state index is 0.0837. The SMILES string of the molecule is CCC1CN(C(C)C(C)C(=O)O)CCO1. The predicted molar refractivity (Wildman–Crippen MR) is 57.9 cm³/mol. The zero-order valence-corrected chi connectivity index (χ0v) is 9.77. The second kappa shape index (κ2) is 5.47. The van der Waals surface area contributed by atoms with Gasteiger partial charge in [-0.25, -0.2) is 0 Å². The van der Waals surface area contributed by atoms with E-state index in [1.54, 1.807) is 6.92 Å². The van der Waals surface area contributed by atoms with Gasteiger partial charge in [0.1, 0.15) is 0 Å². The van der Waals surface area contributed by atoms with E-state index in [0.717, 1.165) is 26.1 Å². The van der Waals surface area contributed by atoms with Crippen LogP contribution in [0.5, 0.6) is 0 Å². The fourth-order valence-corrected chi connectivity index (χ4v) is 1.88. The van der Waals surface area contributed by atoms with Gasteiger partial charge in [0.05, 0.1) is 18.6 Å². The van der Waals surface area contributed by atoms with Crippen LogP contribution >= 0.6 is 0 Å². The first kappa shape index (κ1) is 12.5. The van der Waals surface area contributed by atoms with Crippen molar-refractivity contribution in [3.8, 4) is 0 Å². The van der Waals surface area contributed by atoms with Crippen molar-refractivity contribution in [1.82, 2.24) is 4.90 Å². The Labute approximate surface area is 91.2 Å². The number of rotatable bonds is 4. The maximum absolute atomic E-state index is 10.9. The van der Waals surface area contributed by atoms with Crippen molar-refractivity contribution >= 4 is 5.97 Å². The number of nitrogens with zero attached hydrogens (tertiary/aromatic N) is 1.